The van der Waals surface area contributed by atoms with Gasteiger partial charge in [0.2, 0.25) is 0 Å². The molecule has 5 aliphatic rings. The van der Waals surface area contributed by atoms with Crippen molar-refractivity contribution in [3.05, 3.63) is 34.4 Å². The third-order valence-electron chi connectivity index (χ3n) is 8.88. The van der Waals surface area contributed by atoms with Crippen LogP contribution in [-0.4, -0.2) is 35.9 Å². The predicted octanol–water partition coefficient (Wildman–Crippen LogP) is 3.22. The van der Waals surface area contributed by atoms with Gasteiger partial charge in [-0.3, -0.25) is 14.4 Å². The second kappa shape index (κ2) is 5.78. The molecule has 1 N–H and O–H groups in total. The number of rotatable bonds is 1. The van der Waals surface area contributed by atoms with Gasteiger partial charge in [-0.05, 0) is 60.3 Å². The summed E-state index contributed by atoms with van der Waals surface area (Å²) in [6.07, 6.45) is 7.42. The summed E-state index contributed by atoms with van der Waals surface area (Å²) in [6.45, 7) is 4.28. The lowest BCUT2D eigenvalue weighted by Gasteiger charge is -2.53. The SMILES string of the molecule is COC(=O)[C@H]1C2=C(CCC34C(=O)CC[C@]3(C)CC=C24)C2(C)CCC(=O)C=C2C1O. The zero-order chi connectivity index (χ0) is 20.8. The third kappa shape index (κ3) is 2.07. The van der Waals surface area contributed by atoms with Crippen molar-refractivity contribution in [2.75, 3.05) is 7.11 Å². The molecule has 5 nitrogen and oxygen atoms in total. The molecule has 0 radical (unpaired) electrons. The number of esters is 1. The fourth-order valence-electron chi connectivity index (χ4n) is 7.23. The summed E-state index contributed by atoms with van der Waals surface area (Å²) in [5, 5.41) is 11.3. The van der Waals surface area contributed by atoms with Crippen LogP contribution < -0.4 is 0 Å². The Bertz CT molecular complexity index is 952. The summed E-state index contributed by atoms with van der Waals surface area (Å²) in [6, 6.07) is 0. The molecule has 1 saturated carbocycles. The first-order valence-corrected chi connectivity index (χ1v) is 10.7. The average molecular weight is 396 g/mol. The minimum absolute atomic E-state index is 0.00454. The van der Waals surface area contributed by atoms with Crippen molar-refractivity contribution in [1.82, 2.24) is 0 Å². The number of ketones is 2. The maximum atomic E-state index is 13.2. The second-order valence-corrected chi connectivity index (χ2v) is 9.95. The lowest BCUT2D eigenvalue weighted by molar-refractivity contribution is -0.148. The number of allylic oxidation sites excluding steroid dienone is 4. The quantitative estimate of drug-likeness (QED) is 0.689. The topological polar surface area (TPSA) is 80.7 Å². The molecule has 0 amide bonds. The molecule has 0 aromatic rings. The van der Waals surface area contributed by atoms with Crippen molar-refractivity contribution >= 4 is 17.5 Å². The molecular formula is C24H28O5. The van der Waals surface area contributed by atoms with Gasteiger partial charge in [-0.1, -0.05) is 25.5 Å². The number of aliphatic hydroxyl groups is 1. The number of ether oxygens (including phenoxy) is 1. The van der Waals surface area contributed by atoms with E-state index in [1.54, 1.807) is 6.08 Å². The van der Waals surface area contributed by atoms with E-state index in [0.717, 1.165) is 42.4 Å². The number of Topliss-reactive ketones (excluding diaryl/α,β-unsaturated/α-hetero) is 1. The van der Waals surface area contributed by atoms with Crippen molar-refractivity contribution in [3.8, 4) is 0 Å². The summed E-state index contributed by atoms with van der Waals surface area (Å²) < 4.78 is 5.10. The van der Waals surface area contributed by atoms with Gasteiger partial charge < -0.3 is 9.84 Å². The molecule has 3 unspecified atom stereocenters. The lowest BCUT2D eigenvalue weighted by Crippen LogP contribution is -2.51. The average Bonchev–Trinajstić information content (AvgIpc) is 3.13. The van der Waals surface area contributed by atoms with Crippen LogP contribution in [0.25, 0.3) is 0 Å². The number of hydrogen-bond donors (Lipinski definition) is 1. The van der Waals surface area contributed by atoms with Gasteiger partial charge in [0.1, 0.15) is 11.7 Å². The lowest BCUT2D eigenvalue weighted by atomic mass is 9.50. The van der Waals surface area contributed by atoms with Crippen molar-refractivity contribution < 1.29 is 24.2 Å². The van der Waals surface area contributed by atoms with Gasteiger partial charge in [-0.15, -0.1) is 0 Å². The van der Waals surface area contributed by atoms with E-state index >= 15 is 0 Å². The van der Waals surface area contributed by atoms with Crippen LogP contribution in [0.3, 0.4) is 0 Å². The smallest absolute Gasteiger partial charge is 0.316 e. The van der Waals surface area contributed by atoms with E-state index in [9.17, 15) is 19.5 Å². The molecule has 0 heterocycles. The van der Waals surface area contributed by atoms with E-state index in [-0.39, 0.29) is 17.0 Å². The van der Waals surface area contributed by atoms with Gasteiger partial charge >= 0.3 is 5.97 Å². The van der Waals surface area contributed by atoms with Crippen LogP contribution in [0, 0.1) is 22.2 Å². The minimum atomic E-state index is -1.10. The van der Waals surface area contributed by atoms with E-state index in [1.165, 1.54) is 7.11 Å². The van der Waals surface area contributed by atoms with Crippen molar-refractivity contribution in [3.63, 3.8) is 0 Å². The Morgan fingerprint density at radius 1 is 1.14 bits per heavy atom. The Kier molecular flexibility index (Phi) is 3.78. The monoisotopic (exact) mass is 396 g/mol. The molecule has 0 saturated heterocycles. The first-order chi connectivity index (χ1) is 13.7. The van der Waals surface area contributed by atoms with Crippen molar-refractivity contribution in [2.45, 2.75) is 64.9 Å². The molecule has 0 aromatic carbocycles. The first kappa shape index (κ1) is 19.0. The Labute approximate surface area is 170 Å². The van der Waals surface area contributed by atoms with Gasteiger partial charge in [-0.2, -0.15) is 0 Å². The Hall–Kier alpha value is -2.01. The summed E-state index contributed by atoms with van der Waals surface area (Å²) >= 11 is 0. The van der Waals surface area contributed by atoms with E-state index < -0.39 is 28.8 Å². The highest BCUT2D eigenvalue weighted by Gasteiger charge is 2.66. The fourth-order valence-corrected chi connectivity index (χ4v) is 7.23. The van der Waals surface area contributed by atoms with Crippen LogP contribution in [0.15, 0.2) is 34.4 Å². The first-order valence-electron chi connectivity index (χ1n) is 10.7. The largest absolute Gasteiger partial charge is 0.468 e. The van der Waals surface area contributed by atoms with Gasteiger partial charge in [-0.25, -0.2) is 0 Å². The van der Waals surface area contributed by atoms with Crippen LogP contribution >= 0.6 is 0 Å². The Balaban J connectivity index is 1.78. The van der Waals surface area contributed by atoms with Crippen LogP contribution in [0.2, 0.25) is 0 Å². The fraction of sp³-hybridized carbons (Fsp3) is 0.625. The normalized spacial score (nSPS) is 43.2. The number of carbonyl (C=O) groups is 3. The second-order valence-electron chi connectivity index (χ2n) is 9.95. The van der Waals surface area contributed by atoms with Gasteiger partial charge in [0, 0.05) is 18.3 Å². The molecule has 5 aliphatic carbocycles. The molecule has 1 fully saturated rings. The van der Waals surface area contributed by atoms with Crippen LogP contribution in [-0.2, 0) is 19.1 Å². The van der Waals surface area contributed by atoms with Crippen molar-refractivity contribution in [2.24, 2.45) is 22.2 Å². The zero-order valence-electron chi connectivity index (χ0n) is 17.3. The molecule has 1 spiro atoms. The number of carbonyl (C=O) groups excluding carboxylic acids is 3. The van der Waals surface area contributed by atoms with Gasteiger partial charge in [0.25, 0.3) is 0 Å². The highest BCUT2D eigenvalue weighted by atomic mass is 16.5. The van der Waals surface area contributed by atoms with Crippen LogP contribution in [0.1, 0.15) is 58.8 Å². The number of aliphatic hydroxyl groups excluding tert-OH is 1. The molecule has 5 heteroatoms. The van der Waals surface area contributed by atoms with Gasteiger partial charge in [0.15, 0.2) is 5.78 Å². The third-order valence-corrected chi connectivity index (χ3v) is 8.88. The predicted molar refractivity (Wildman–Crippen MR) is 106 cm³/mol. The standard InChI is InChI=1S/C24H28O5/c1-22-8-5-15-18-14(6-11-24(15,22)17(26)7-9-22)23(2)10-4-13(25)12-16(23)20(27)19(18)21(28)29-3/h5,12,19-20,27H,4,6-11H2,1-3H3/t19-,20?,22-,23?,24?/m0/s1. The van der Waals surface area contributed by atoms with Gasteiger partial charge in [0.05, 0.1) is 18.6 Å². The molecule has 5 rings (SSSR count). The van der Waals surface area contributed by atoms with E-state index in [2.05, 4.69) is 19.9 Å². The van der Waals surface area contributed by atoms with E-state index in [1.807, 2.05) is 0 Å². The Morgan fingerprint density at radius 2 is 1.90 bits per heavy atom. The summed E-state index contributed by atoms with van der Waals surface area (Å²) in [4.78, 5) is 38.3. The molecule has 5 atom stereocenters. The van der Waals surface area contributed by atoms with E-state index in [4.69, 9.17) is 4.74 Å². The van der Waals surface area contributed by atoms with Crippen LogP contribution in [0.4, 0.5) is 0 Å². The maximum absolute atomic E-state index is 13.2. The number of methoxy groups -OCH3 is 1. The van der Waals surface area contributed by atoms with Crippen molar-refractivity contribution in [1.29, 1.82) is 0 Å². The van der Waals surface area contributed by atoms with Crippen LogP contribution in [0.5, 0.6) is 0 Å². The summed E-state index contributed by atoms with van der Waals surface area (Å²) in [7, 11) is 1.33. The molecule has 0 aromatic heterocycles. The van der Waals surface area contributed by atoms with E-state index in [0.29, 0.717) is 24.8 Å². The summed E-state index contributed by atoms with van der Waals surface area (Å²) in [5.41, 5.74) is 2.47. The highest BCUT2D eigenvalue weighted by Crippen LogP contribution is 2.70. The number of hydrogen-bond acceptors (Lipinski definition) is 5. The summed E-state index contributed by atoms with van der Waals surface area (Å²) in [5.74, 6) is -1.10. The minimum Gasteiger partial charge on any atom is -0.468 e. The molecule has 0 aliphatic heterocycles. The molecule has 29 heavy (non-hydrogen) atoms. The highest BCUT2D eigenvalue weighted by molar-refractivity contribution is 5.96. The maximum Gasteiger partial charge on any atom is 0.316 e. The number of fused-ring (bicyclic) bond motifs is 3. The Morgan fingerprint density at radius 3 is 2.62 bits per heavy atom. The molecule has 154 valence electrons. The molecule has 0 bridgehead atoms. The zero-order valence-corrected chi connectivity index (χ0v) is 17.3. The molecular weight excluding hydrogens is 368 g/mol.